The van der Waals surface area contributed by atoms with Gasteiger partial charge in [0, 0.05) is 31.9 Å². The van der Waals surface area contributed by atoms with Crippen molar-refractivity contribution >= 4 is 23.8 Å². The molecule has 0 radical (unpaired) electrons. The number of benzene rings is 1. The van der Waals surface area contributed by atoms with Crippen molar-refractivity contribution in [3.63, 3.8) is 0 Å². The zero-order valence-electron chi connectivity index (χ0n) is 17.8. The van der Waals surface area contributed by atoms with Crippen molar-refractivity contribution in [1.82, 2.24) is 15.1 Å². The summed E-state index contributed by atoms with van der Waals surface area (Å²) >= 11 is 0. The van der Waals surface area contributed by atoms with Crippen LogP contribution in [-0.4, -0.2) is 58.2 Å². The molecule has 2 aliphatic carbocycles. The van der Waals surface area contributed by atoms with Gasteiger partial charge in [0.2, 0.25) is 0 Å². The number of hydrogen-bond acceptors (Lipinski definition) is 3. The predicted molar refractivity (Wildman–Crippen MR) is 118 cm³/mol. The van der Waals surface area contributed by atoms with Crippen LogP contribution in [0, 0.1) is 17.2 Å². The van der Waals surface area contributed by atoms with E-state index in [4.69, 9.17) is 11.1 Å². The highest BCUT2D eigenvalue weighted by Crippen LogP contribution is 2.52. The van der Waals surface area contributed by atoms with Crippen LogP contribution in [0.2, 0.25) is 0 Å². The van der Waals surface area contributed by atoms with Gasteiger partial charge in [0.15, 0.2) is 5.96 Å². The van der Waals surface area contributed by atoms with Crippen molar-refractivity contribution in [2.45, 2.75) is 50.6 Å². The van der Waals surface area contributed by atoms with E-state index in [9.17, 15) is 14.7 Å². The van der Waals surface area contributed by atoms with Gasteiger partial charge in [-0.15, -0.1) is 0 Å². The van der Waals surface area contributed by atoms with E-state index in [2.05, 4.69) is 10.6 Å². The lowest BCUT2D eigenvalue weighted by Crippen LogP contribution is -2.72. The van der Waals surface area contributed by atoms with Crippen LogP contribution in [0.5, 0.6) is 0 Å². The standard InChI is InChI=1S/C22H32N6O3/c23-19(24)26-18-9-7-15(8-10-18)13-25-20(29)27-11-12-28(21(30)31)22(14-27)16-3-1-4-17(22)6-2-5-16/h7-10,16-17H,1-6,11-14H2,(H,25,29)(H,30,31)(H4,23,24,26)/t16-,17?,22?. The van der Waals surface area contributed by atoms with E-state index in [1.54, 1.807) is 4.90 Å². The Bertz CT molecular complexity index is 820. The summed E-state index contributed by atoms with van der Waals surface area (Å²) in [5, 5.41) is 22.9. The highest BCUT2D eigenvalue weighted by atomic mass is 16.4. The van der Waals surface area contributed by atoms with Gasteiger partial charge in [0.1, 0.15) is 0 Å². The molecular weight excluding hydrogens is 396 g/mol. The van der Waals surface area contributed by atoms with Gasteiger partial charge in [-0.3, -0.25) is 10.3 Å². The maximum Gasteiger partial charge on any atom is 0.407 e. The highest BCUT2D eigenvalue weighted by Gasteiger charge is 2.57. The largest absolute Gasteiger partial charge is 0.465 e. The van der Waals surface area contributed by atoms with Gasteiger partial charge in [-0.05, 0) is 55.2 Å². The Kier molecular flexibility index (Phi) is 5.93. The molecule has 1 spiro atoms. The van der Waals surface area contributed by atoms with Crippen molar-refractivity contribution in [1.29, 1.82) is 5.41 Å². The van der Waals surface area contributed by atoms with E-state index in [1.165, 1.54) is 0 Å². The molecule has 3 amide bonds. The SMILES string of the molecule is N=C(N)Nc1ccc(CNC(=O)N2CCN(C(=O)O)[C@]3(C2)C2CCC[C@H]3CCC2)cc1. The first-order chi connectivity index (χ1) is 14.9. The second kappa shape index (κ2) is 8.64. The van der Waals surface area contributed by atoms with Crippen LogP contribution in [0.25, 0.3) is 0 Å². The van der Waals surface area contributed by atoms with E-state index in [0.29, 0.717) is 38.0 Å². The summed E-state index contributed by atoms with van der Waals surface area (Å²) in [5.74, 6) is 0.559. The molecule has 9 nitrogen and oxygen atoms in total. The number of piperazine rings is 1. The Morgan fingerprint density at radius 1 is 1.10 bits per heavy atom. The molecule has 2 saturated carbocycles. The topological polar surface area (TPSA) is 135 Å². The zero-order valence-corrected chi connectivity index (χ0v) is 17.8. The summed E-state index contributed by atoms with van der Waals surface area (Å²) in [5.41, 5.74) is 6.56. The molecule has 1 saturated heterocycles. The van der Waals surface area contributed by atoms with E-state index >= 15 is 0 Å². The van der Waals surface area contributed by atoms with Crippen molar-refractivity contribution in [2.75, 3.05) is 25.0 Å². The summed E-state index contributed by atoms with van der Waals surface area (Å²) in [4.78, 5) is 28.6. The molecule has 2 bridgehead atoms. The molecule has 1 aromatic rings. The number of nitrogens with two attached hydrogens (primary N) is 1. The Hall–Kier alpha value is -2.97. The molecular formula is C22H32N6O3. The number of amides is 3. The van der Waals surface area contributed by atoms with Gasteiger partial charge >= 0.3 is 12.1 Å². The average molecular weight is 429 g/mol. The summed E-state index contributed by atoms with van der Waals surface area (Å²) < 4.78 is 0. The predicted octanol–water partition coefficient (Wildman–Crippen LogP) is 2.84. The van der Waals surface area contributed by atoms with Crippen LogP contribution >= 0.6 is 0 Å². The molecule has 0 unspecified atom stereocenters. The molecule has 6 N–H and O–H groups in total. The van der Waals surface area contributed by atoms with Crippen LogP contribution < -0.4 is 16.4 Å². The van der Waals surface area contributed by atoms with Crippen LogP contribution in [0.15, 0.2) is 24.3 Å². The summed E-state index contributed by atoms with van der Waals surface area (Å²) in [6, 6.07) is 7.24. The Morgan fingerprint density at radius 2 is 1.71 bits per heavy atom. The third kappa shape index (κ3) is 4.13. The Balaban J connectivity index is 1.43. The molecule has 1 aromatic carbocycles. The first-order valence-electron chi connectivity index (χ1n) is 11.1. The quantitative estimate of drug-likeness (QED) is 0.373. The van der Waals surface area contributed by atoms with Crippen molar-refractivity contribution in [2.24, 2.45) is 17.6 Å². The van der Waals surface area contributed by atoms with E-state index in [-0.39, 0.29) is 12.0 Å². The molecule has 1 heterocycles. The van der Waals surface area contributed by atoms with Gasteiger partial charge in [-0.25, -0.2) is 9.59 Å². The fraction of sp³-hybridized carbons (Fsp3) is 0.591. The first kappa shape index (κ1) is 21.3. The second-order valence-electron chi connectivity index (χ2n) is 9.00. The van der Waals surface area contributed by atoms with E-state index in [1.807, 2.05) is 29.2 Å². The fourth-order valence-electron chi connectivity index (χ4n) is 6.04. The first-order valence-corrected chi connectivity index (χ1v) is 11.1. The molecule has 4 rings (SSSR count). The number of nitrogens with zero attached hydrogens (tertiary/aromatic N) is 2. The second-order valence-corrected chi connectivity index (χ2v) is 9.00. The third-order valence-electron chi connectivity index (χ3n) is 7.36. The molecule has 168 valence electrons. The number of carbonyl (C=O) groups excluding carboxylic acids is 1. The number of rotatable bonds is 3. The third-order valence-corrected chi connectivity index (χ3v) is 7.36. The van der Waals surface area contributed by atoms with E-state index < -0.39 is 11.6 Å². The summed E-state index contributed by atoms with van der Waals surface area (Å²) in [7, 11) is 0. The molecule has 3 fully saturated rings. The summed E-state index contributed by atoms with van der Waals surface area (Å²) in [6.07, 6.45) is 5.67. The minimum atomic E-state index is -0.849. The Labute approximate surface area is 182 Å². The minimum absolute atomic E-state index is 0.122. The number of guanidine groups is 1. The van der Waals surface area contributed by atoms with Crippen molar-refractivity contribution < 1.29 is 14.7 Å². The van der Waals surface area contributed by atoms with Crippen LogP contribution in [0.3, 0.4) is 0 Å². The number of carbonyl (C=O) groups is 2. The fourth-order valence-corrected chi connectivity index (χ4v) is 6.04. The molecule has 3 aliphatic rings. The number of anilines is 1. The lowest BCUT2D eigenvalue weighted by Gasteiger charge is -2.61. The van der Waals surface area contributed by atoms with Gasteiger partial charge in [-0.1, -0.05) is 25.0 Å². The lowest BCUT2D eigenvalue weighted by atomic mass is 9.58. The molecule has 31 heavy (non-hydrogen) atoms. The van der Waals surface area contributed by atoms with Crippen molar-refractivity contribution in [3.8, 4) is 0 Å². The Morgan fingerprint density at radius 3 is 2.26 bits per heavy atom. The van der Waals surface area contributed by atoms with Gasteiger partial charge in [0.25, 0.3) is 0 Å². The van der Waals surface area contributed by atoms with Crippen molar-refractivity contribution in [3.05, 3.63) is 29.8 Å². The zero-order chi connectivity index (χ0) is 22.0. The van der Waals surface area contributed by atoms with Crippen LogP contribution in [0.1, 0.15) is 44.1 Å². The number of hydrogen-bond donors (Lipinski definition) is 5. The molecule has 0 aromatic heterocycles. The average Bonchev–Trinajstić information content (AvgIpc) is 2.72. The molecule has 1 aliphatic heterocycles. The van der Waals surface area contributed by atoms with Crippen LogP contribution in [-0.2, 0) is 6.54 Å². The normalized spacial score (nSPS) is 27.6. The molecule has 9 heteroatoms. The minimum Gasteiger partial charge on any atom is -0.465 e. The van der Waals surface area contributed by atoms with E-state index in [0.717, 1.165) is 49.8 Å². The maximum atomic E-state index is 13.0. The maximum absolute atomic E-state index is 13.0. The highest BCUT2D eigenvalue weighted by molar-refractivity contribution is 5.89. The number of urea groups is 1. The van der Waals surface area contributed by atoms with Crippen LogP contribution in [0.4, 0.5) is 15.3 Å². The lowest BCUT2D eigenvalue weighted by molar-refractivity contribution is -0.0942. The monoisotopic (exact) mass is 428 g/mol. The molecule has 0 atom stereocenters. The number of carboxylic acid groups (broad SMARTS) is 1. The number of nitrogens with one attached hydrogen (secondary N) is 3. The smallest absolute Gasteiger partial charge is 0.407 e. The van der Waals surface area contributed by atoms with Gasteiger partial charge < -0.3 is 26.4 Å². The summed E-state index contributed by atoms with van der Waals surface area (Å²) in [6.45, 7) is 1.67. The van der Waals surface area contributed by atoms with Gasteiger partial charge in [0.05, 0.1) is 5.54 Å². The van der Waals surface area contributed by atoms with Gasteiger partial charge in [-0.2, -0.15) is 0 Å².